The highest BCUT2D eigenvalue weighted by molar-refractivity contribution is 7.60. The van der Waals surface area contributed by atoms with Crippen LogP contribution >= 0.6 is 7.37 Å². The Kier molecular flexibility index (Phi) is 7.81. The molecule has 2 atom stereocenters. The van der Waals surface area contributed by atoms with Gasteiger partial charge in [0.2, 0.25) is 13.3 Å². The van der Waals surface area contributed by atoms with Gasteiger partial charge in [-0.25, -0.2) is 0 Å². The second kappa shape index (κ2) is 8.95. The SMILES string of the molecule is C=CCN(C(C)=O)C(c1ccccc1)P(=O)(CN(C)C)O[Si](C)(C)C. The maximum atomic E-state index is 14.1. The molecule has 0 aliphatic carbocycles. The molecular formula is C18H31N2O3PSi. The maximum Gasteiger partial charge on any atom is 0.233 e. The molecule has 0 spiro atoms. The van der Waals surface area contributed by atoms with Crippen molar-refractivity contribution in [3.05, 3.63) is 48.6 Å². The topological polar surface area (TPSA) is 49.9 Å². The third-order valence-electron chi connectivity index (χ3n) is 3.40. The van der Waals surface area contributed by atoms with E-state index in [0.717, 1.165) is 5.56 Å². The minimum absolute atomic E-state index is 0.146. The normalized spacial score (nSPS) is 15.5. The molecule has 1 rings (SSSR count). The summed E-state index contributed by atoms with van der Waals surface area (Å²) in [6, 6.07) is 9.49. The highest BCUT2D eigenvalue weighted by Crippen LogP contribution is 2.63. The van der Waals surface area contributed by atoms with E-state index in [-0.39, 0.29) is 12.2 Å². The maximum absolute atomic E-state index is 14.1. The summed E-state index contributed by atoms with van der Waals surface area (Å²) in [5.41, 5.74) is 0.822. The van der Waals surface area contributed by atoms with Gasteiger partial charge >= 0.3 is 0 Å². The quantitative estimate of drug-likeness (QED) is 0.362. The van der Waals surface area contributed by atoms with E-state index >= 15 is 0 Å². The van der Waals surface area contributed by atoms with Crippen molar-refractivity contribution >= 4 is 21.6 Å². The second-order valence-electron chi connectivity index (χ2n) is 7.40. The van der Waals surface area contributed by atoms with Gasteiger partial charge in [0.25, 0.3) is 0 Å². The zero-order chi connectivity index (χ0) is 19.3. The Morgan fingerprint density at radius 3 is 2.24 bits per heavy atom. The smallest absolute Gasteiger partial charge is 0.233 e. The molecule has 0 saturated heterocycles. The zero-order valence-electron chi connectivity index (χ0n) is 16.2. The van der Waals surface area contributed by atoms with Gasteiger partial charge in [-0.15, -0.1) is 6.58 Å². The molecule has 0 fully saturated rings. The Hall–Kier alpha value is -1.20. The van der Waals surface area contributed by atoms with Crippen LogP contribution in [0.4, 0.5) is 0 Å². The lowest BCUT2D eigenvalue weighted by molar-refractivity contribution is -0.129. The van der Waals surface area contributed by atoms with Gasteiger partial charge in [0.15, 0.2) is 8.32 Å². The van der Waals surface area contributed by atoms with Crippen molar-refractivity contribution in [3.63, 3.8) is 0 Å². The van der Waals surface area contributed by atoms with Gasteiger partial charge < -0.3 is 14.0 Å². The Labute approximate surface area is 153 Å². The number of rotatable bonds is 9. The van der Waals surface area contributed by atoms with Crippen LogP contribution < -0.4 is 0 Å². The fraction of sp³-hybridized carbons (Fsp3) is 0.500. The molecule has 7 heteroatoms. The number of amides is 1. The molecule has 0 aromatic heterocycles. The van der Waals surface area contributed by atoms with Gasteiger partial charge in [-0.3, -0.25) is 9.36 Å². The van der Waals surface area contributed by atoms with E-state index in [4.69, 9.17) is 4.21 Å². The van der Waals surface area contributed by atoms with E-state index < -0.39 is 21.5 Å². The van der Waals surface area contributed by atoms with E-state index in [0.29, 0.717) is 6.54 Å². The van der Waals surface area contributed by atoms with E-state index in [1.54, 1.807) is 11.0 Å². The van der Waals surface area contributed by atoms with Crippen molar-refractivity contribution in [1.29, 1.82) is 0 Å². The van der Waals surface area contributed by atoms with Gasteiger partial charge in [0.1, 0.15) is 5.78 Å². The first-order valence-electron chi connectivity index (χ1n) is 8.37. The van der Waals surface area contributed by atoms with E-state index in [2.05, 4.69) is 6.58 Å². The summed E-state index contributed by atoms with van der Waals surface area (Å²) in [5.74, 6) is -0.773. The minimum atomic E-state index is -3.22. The standard InChI is InChI=1S/C18H31N2O3PSi/c1-8-14-20(16(2)21)18(17-12-10-9-11-13-17)24(22,15-19(3)4)23-25(5,6)7/h8-13,18H,1,14-15H2,2-7H3. The highest BCUT2D eigenvalue weighted by atomic mass is 31.2. The summed E-state index contributed by atoms with van der Waals surface area (Å²) < 4.78 is 20.4. The minimum Gasteiger partial charge on any atom is -0.368 e. The molecule has 0 heterocycles. The number of hydrogen-bond donors (Lipinski definition) is 0. The molecule has 0 bridgehead atoms. The molecule has 1 aromatic carbocycles. The average molecular weight is 383 g/mol. The van der Waals surface area contributed by atoms with Crippen molar-refractivity contribution in [1.82, 2.24) is 9.80 Å². The third kappa shape index (κ3) is 6.55. The Bertz CT molecular complexity index is 629. The molecule has 1 aromatic rings. The molecule has 25 heavy (non-hydrogen) atoms. The molecular weight excluding hydrogens is 351 g/mol. The van der Waals surface area contributed by atoms with Crippen molar-refractivity contribution < 1.29 is 13.6 Å². The Morgan fingerprint density at radius 2 is 1.84 bits per heavy atom. The molecule has 5 nitrogen and oxygen atoms in total. The van der Waals surface area contributed by atoms with Crippen LogP contribution in [0.15, 0.2) is 43.0 Å². The number of nitrogens with zero attached hydrogens (tertiary/aromatic N) is 2. The number of carbonyl (C=O) groups excluding carboxylic acids is 1. The van der Waals surface area contributed by atoms with Crippen molar-refractivity contribution in [3.8, 4) is 0 Å². The van der Waals surface area contributed by atoms with Crippen LogP contribution in [0.5, 0.6) is 0 Å². The Balaban J connectivity index is 3.55. The monoisotopic (exact) mass is 382 g/mol. The fourth-order valence-corrected chi connectivity index (χ4v) is 9.39. The van der Waals surface area contributed by atoms with E-state index in [9.17, 15) is 9.36 Å². The summed E-state index contributed by atoms with van der Waals surface area (Å²) in [4.78, 5) is 15.8. The van der Waals surface area contributed by atoms with Gasteiger partial charge in [-0.05, 0) is 39.3 Å². The van der Waals surface area contributed by atoms with Crippen LogP contribution in [0.1, 0.15) is 18.3 Å². The molecule has 2 unspecified atom stereocenters. The molecule has 0 saturated carbocycles. The summed E-state index contributed by atoms with van der Waals surface area (Å²) in [7, 11) is -1.60. The highest BCUT2D eigenvalue weighted by Gasteiger charge is 2.43. The van der Waals surface area contributed by atoms with Gasteiger partial charge in [0, 0.05) is 13.5 Å². The van der Waals surface area contributed by atoms with Gasteiger partial charge in [0.05, 0.1) is 6.29 Å². The predicted octanol–water partition coefficient (Wildman–Crippen LogP) is 4.37. The first-order valence-corrected chi connectivity index (χ1v) is 13.7. The lowest BCUT2D eigenvalue weighted by Gasteiger charge is -2.39. The van der Waals surface area contributed by atoms with Crippen LogP contribution in [0, 0.1) is 0 Å². The van der Waals surface area contributed by atoms with Crippen molar-refractivity contribution in [2.75, 3.05) is 26.9 Å². The second-order valence-corrected chi connectivity index (χ2v) is 14.6. The summed E-state index contributed by atoms with van der Waals surface area (Å²) in [5, 5.41) is 0. The lowest BCUT2D eigenvalue weighted by atomic mass is 10.2. The lowest BCUT2D eigenvalue weighted by Crippen LogP contribution is -2.38. The van der Waals surface area contributed by atoms with Gasteiger partial charge in [-0.2, -0.15) is 0 Å². The molecule has 140 valence electrons. The van der Waals surface area contributed by atoms with Crippen LogP contribution in [-0.4, -0.2) is 51.0 Å². The fourth-order valence-electron chi connectivity index (χ4n) is 2.80. The number of hydrogen-bond acceptors (Lipinski definition) is 4. The first-order chi connectivity index (χ1) is 11.5. The zero-order valence-corrected chi connectivity index (χ0v) is 18.1. The van der Waals surface area contributed by atoms with E-state index in [1.165, 1.54) is 6.92 Å². The van der Waals surface area contributed by atoms with Crippen LogP contribution in [-0.2, 0) is 13.6 Å². The summed E-state index contributed by atoms with van der Waals surface area (Å²) in [6.45, 7) is 11.6. The Morgan fingerprint density at radius 1 is 1.28 bits per heavy atom. The molecule has 1 amide bonds. The van der Waals surface area contributed by atoms with Crippen LogP contribution in [0.3, 0.4) is 0 Å². The van der Waals surface area contributed by atoms with Crippen molar-refractivity contribution in [2.24, 2.45) is 0 Å². The van der Waals surface area contributed by atoms with Crippen LogP contribution in [0.25, 0.3) is 0 Å². The van der Waals surface area contributed by atoms with Gasteiger partial charge in [-0.1, -0.05) is 36.4 Å². The van der Waals surface area contributed by atoms with Crippen LogP contribution in [0.2, 0.25) is 19.6 Å². The molecule has 0 aliphatic rings. The molecule has 0 radical (unpaired) electrons. The van der Waals surface area contributed by atoms with E-state index in [1.807, 2.05) is 69.0 Å². The third-order valence-corrected chi connectivity index (χ3v) is 9.11. The largest absolute Gasteiger partial charge is 0.368 e. The number of benzene rings is 1. The summed E-state index contributed by atoms with van der Waals surface area (Å²) in [6.07, 6.45) is 1.93. The predicted molar refractivity (Wildman–Crippen MR) is 107 cm³/mol. The average Bonchev–Trinajstić information content (AvgIpc) is 2.44. The summed E-state index contributed by atoms with van der Waals surface area (Å²) >= 11 is 0. The number of carbonyl (C=O) groups is 1. The van der Waals surface area contributed by atoms with Crippen molar-refractivity contribution in [2.45, 2.75) is 32.3 Å². The molecule has 0 aliphatic heterocycles. The first kappa shape index (κ1) is 21.8. The molecule has 0 N–H and O–H groups in total.